The number of hydrogen-bond donors (Lipinski definition) is 1. The van der Waals surface area contributed by atoms with Crippen molar-refractivity contribution in [2.24, 2.45) is 0 Å². The SMILES string of the molecule is CCCN1CCN(c2nc(C(C)(C)C)c(C(=O)O)s2)CC1. The van der Waals surface area contributed by atoms with E-state index in [0.717, 1.165) is 37.9 Å². The number of aromatic carboxylic acids is 1. The van der Waals surface area contributed by atoms with Crippen molar-refractivity contribution in [3.63, 3.8) is 0 Å². The van der Waals surface area contributed by atoms with Crippen molar-refractivity contribution in [1.29, 1.82) is 0 Å². The van der Waals surface area contributed by atoms with E-state index in [2.05, 4.69) is 21.7 Å². The Labute approximate surface area is 130 Å². The second-order valence-electron chi connectivity index (χ2n) is 6.56. The lowest BCUT2D eigenvalue weighted by Gasteiger charge is -2.34. The van der Waals surface area contributed by atoms with E-state index >= 15 is 0 Å². The van der Waals surface area contributed by atoms with E-state index in [0.29, 0.717) is 10.6 Å². The molecule has 0 unspecified atom stereocenters. The highest BCUT2D eigenvalue weighted by Crippen LogP contribution is 2.34. The summed E-state index contributed by atoms with van der Waals surface area (Å²) in [5.41, 5.74) is 0.456. The summed E-state index contributed by atoms with van der Waals surface area (Å²) in [6.07, 6.45) is 1.18. The van der Waals surface area contributed by atoms with Crippen LogP contribution in [0.3, 0.4) is 0 Å². The van der Waals surface area contributed by atoms with Crippen molar-refractivity contribution in [2.75, 3.05) is 37.6 Å². The molecule has 1 aromatic heterocycles. The van der Waals surface area contributed by atoms with E-state index in [9.17, 15) is 9.90 Å². The van der Waals surface area contributed by atoms with Crippen molar-refractivity contribution >= 4 is 22.4 Å². The van der Waals surface area contributed by atoms with E-state index in [1.54, 1.807) is 0 Å². The average Bonchev–Trinajstić information content (AvgIpc) is 2.85. The number of nitrogens with zero attached hydrogens (tertiary/aromatic N) is 3. The third-order valence-electron chi connectivity index (χ3n) is 3.70. The molecule has 0 aliphatic carbocycles. The van der Waals surface area contributed by atoms with E-state index in [-0.39, 0.29) is 5.41 Å². The van der Waals surface area contributed by atoms with Crippen LogP contribution in [0.4, 0.5) is 5.13 Å². The van der Waals surface area contributed by atoms with Crippen LogP contribution in [-0.4, -0.2) is 53.7 Å². The lowest BCUT2D eigenvalue weighted by atomic mass is 9.91. The molecule has 1 aromatic rings. The lowest BCUT2D eigenvalue weighted by molar-refractivity contribution is 0.0699. The van der Waals surface area contributed by atoms with Crippen molar-refractivity contribution in [3.8, 4) is 0 Å². The van der Waals surface area contributed by atoms with Crippen LogP contribution in [-0.2, 0) is 5.41 Å². The molecule has 5 nitrogen and oxygen atoms in total. The van der Waals surface area contributed by atoms with Crippen molar-refractivity contribution in [1.82, 2.24) is 9.88 Å². The topological polar surface area (TPSA) is 56.7 Å². The molecule has 118 valence electrons. The van der Waals surface area contributed by atoms with Gasteiger partial charge in [-0.15, -0.1) is 0 Å². The summed E-state index contributed by atoms with van der Waals surface area (Å²) in [5.74, 6) is -0.867. The van der Waals surface area contributed by atoms with Gasteiger partial charge >= 0.3 is 5.97 Å². The molecule has 2 rings (SSSR count). The highest BCUT2D eigenvalue weighted by Gasteiger charge is 2.29. The van der Waals surface area contributed by atoms with Crippen LogP contribution in [0.1, 0.15) is 49.5 Å². The summed E-state index contributed by atoms with van der Waals surface area (Å²) in [6.45, 7) is 13.3. The van der Waals surface area contributed by atoms with E-state index in [1.165, 1.54) is 17.8 Å². The number of aromatic nitrogens is 1. The zero-order valence-electron chi connectivity index (χ0n) is 13.3. The van der Waals surface area contributed by atoms with Gasteiger partial charge in [0.05, 0.1) is 5.69 Å². The fourth-order valence-corrected chi connectivity index (χ4v) is 3.74. The van der Waals surface area contributed by atoms with Gasteiger partial charge in [0.1, 0.15) is 4.88 Å². The van der Waals surface area contributed by atoms with Crippen molar-refractivity contribution in [3.05, 3.63) is 10.6 Å². The first-order valence-electron chi connectivity index (χ1n) is 7.55. The van der Waals surface area contributed by atoms with Gasteiger partial charge in [-0.3, -0.25) is 4.90 Å². The normalized spacial score (nSPS) is 17.2. The molecule has 1 aliphatic rings. The van der Waals surface area contributed by atoms with E-state index < -0.39 is 5.97 Å². The van der Waals surface area contributed by atoms with Crippen LogP contribution >= 0.6 is 11.3 Å². The molecule has 1 aliphatic heterocycles. The van der Waals surface area contributed by atoms with Crippen LogP contribution < -0.4 is 4.90 Å². The van der Waals surface area contributed by atoms with Crippen LogP contribution in [0.5, 0.6) is 0 Å². The Bertz CT molecular complexity index is 500. The molecule has 1 fully saturated rings. The van der Waals surface area contributed by atoms with Crippen LogP contribution in [0.2, 0.25) is 0 Å². The maximum atomic E-state index is 11.4. The number of carboxylic acids is 1. The summed E-state index contributed by atoms with van der Waals surface area (Å²) in [4.78, 5) is 21.1. The Morgan fingerprint density at radius 2 is 1.90 bits per heavy atom. The number of thiazole rings is 1. The minimum absolute atomic E-state index is 0.244. The first-order valence-corrected chi connectivity index (χ1v) is 8.36. The number of carbonyl (C=O) groups is 1. The van der Waals surface area contributed by atoms with Crippen LogP contribution in [0, 0.1) is 0 Å². The van der Waals surface area contributed by atoms with Gasteiger partial charge in [-0.1, -0.05) is 39.0 Å². The summed E-state index contributed by atoms with van der Waals surface area (Å²) in [7, 11) is 0. The number of piperazine rings is 1. The fourth-order valence-electron chi connectivity index (χ4n) is 2.58. The van der Waals surface area contributed by atoms with Crippen molar-refractivity contribution in [2.45, 2.75) is 39.5 Å². The molecule has 1 N–H and O–H groups in total. The Morgan fingerprint density at radius 1 is 1.29 bits per heavy atom. The van der Waals surface area contributed by atoms with Gasteiger partial charge in [-0.05, 0) is 13.0 Å². The molecular formula is C15H25N3O2S. The molecule has 21 heavy (non-hydrogen) atoms. The predicted molar refractivity (Wildman–Crippen MR) is 86.7 cm³/mol. The molecule has 2 heterocycles. The second-order valence-corrected chi connectivity index (χ2v) is 7.54. The maximum Gasteiger partial charge on any atom is 0.347 e. The van der Waals surface area contributed by atoms with Gasteiger partial charge in [0, 0.05) is 31.6 Å². The Balaban J connectivity index is 2.17. The van der Waals surface area contributed by atoms with Gasteiger partial charge in [0.2, 0.25) is 0 Å². The number of hydrogen-bond acceptors (Lipinski definition) is 5. The van der Waals surface area contributed by atoms with Gasteiger partial charge in [-0.2, -0.15) is 0 Å². The molecule has 1 saturated heterocycles. The zero-order valence-corrected chi connectivity index (χ0v) is 14.2. The van der Waals surface area contributed by atoms with Gasteiger partial charge < -0.3 is 10.0 Å². The summed E-state index contributed by atoms with van der Waals surface area (Å²) >= 11 is 1.31. The molecule has 6 heteroatoms. The molecule has 0 radical (unpaired) electrons. The molecule has 0 saturated carbocycles. The fraction of sp³-hybridized carbons (Fsp3) is 0.733. The van der Waals surface area contributed by atoms with Gasteiger partial charge in [-0.25, -0.2) is 9.78 Å². The smallest absolute Gasteiger partial charge is 0.347 e. The highest BCUT2D eigenvalue weighted by atomic mass is 32.1. The average molecular weight is 311 g/mol. The third kappa shape index (κ3) is 3.74. The minimum Gasteiger partial charge on any atom is -0.477 e. The largest absolute Gasteiger partial charge is 0.477 e. The van der Waals surface area contributed by atoms with E-state index in [1.807, 2.05) is 20.8 Å². The molecule has 0 amide bonds. The number of anilines is 1. The molecule has 0 spiro atoms. The molecule has 0 bridgehead atoms. The summed E-state index contributed by atoms with van der Waals surface area (Å²) in [6, 6.07) is 0. The molecule has 0 aromatic carbocycles. The standard InChI is InChI=1S/C15H25N3O2S/c1-5-6-17-7-9-18(10-8-17)14-16-12(15(2,3)4)11(21-14)13(19)20/h5-10H2,1-4H3,(H,19,20). The van der Waals surface area contributed by atoms with Crippen LogP contribution in [0.25, 0.3) is 0 Å². The Kier molecular flexibility index (Phi) is 4.88. The first-order chi connectivity index (χ1) is 9.82. The third-order valence-corrected chi connectivity index (χ3v) is 4.81. The maximum absolute atomic E-state index is 11.4. The van der Waals surface area contributed by atoms with Crippen LogP contribution in [0.15, 0.2) is 0 Å². The lowest BCUT2D eigenvalue weighted by Crippen LogP contribution is -2.46. The monoisotopic (exact) mass is 311 g/mol. The zero-order chi connectivity index (χ0) is 15.6. The summed E-state index contributed by atoms with van der Waals surface area (Å²) in [5, 5.41) is 10.3. The second kappa shape index (κ2) is 6.32. The molecular weight excluding hydrogens is 286 g/mol. The first kappa shape index (κ1) is 16.2. The Hall–Kier alpha value is -1.14. The van der Waals surface area contributed by atoms with Crippen molar-refractivity contribution < 1.29 is 9.90 Å². The predicted octanol–water partition coefficient (Wildman–Crippen LogP) is 2.67. The number of carboxylic acid groups (broad SMARTS) is 1. The van der Waals surface area contributed by atoms with E-state index in [4.69, 9.17) is 0 Å². The quantitative estimate of drug-likeness (QED) is 0.926. The van der Waals surface area contributed by atoms with Gasteiger partial charge in [0.25, 0.3) is 0 Å². The molecule has 0 atom stereocenters. The highest BCUT2D eigenvalue weighted by molar-refractivity contribution is 7.17. The Morgan fingerprint density at radius 3 is 2.33 bits per heavy atom. The minimum atomic E-state index is -0.867. The van der Waals surface area contributed by atoms with Gasteiger partial charge in [0.15, 0.2) is 5.13 Å². The number of rotatable bonds is 4. The summed E-state index contributed by atoms with van der Waals surface area (Å²) < 4.78 is 0.